The molecule has 168 valence electrons. The zero-order valence-corrected chi connectivity index (χ0v) is 19.7. The highest BCUT2D eigenvalue weighted by Crippen LogP contribution is 2.31. The first-order valence-electron chi connectivity index (χ1n) is 10.6. The first-order valence-corrected chi connectivity index (χ1v) is 11.4. The molecule has 1 atom stereocenters. The van der Waals surface area contributed by atoms with Crippen molar-refractivity contribution in [2.24, 2.45) is 0 Å². The summed E-state index contributed by atoms with van der Waals surface area (Å²) in [4.78, 5) is 13.9. The van der Waals surface area contributed by atoms with Crippen LogP contribution in [0.25, 0.3) is 16.9 Å². The van der Waals surface area contributed by atoms with E-state index in [2.05, 4.69) is 51.6 Å². The monoisotopic (exact) mass is 459 g/mol. The number of hydrogen-bond donors (Lipinski definition) is 3. The summed E-state index contributed by atoms with van der Waals surface area (Å²) in [5, 5.41) is 14.9. The van der Waals surface area contributed by atoms with Gasteiger partial charge >= 0.3 is 0 Å². The van der Waals surface area contributed by atoms with Crippen LogP contribution in [0, 0.1) is 6.92 Å². The number of imidazole rings is 1. The second-order valence-electron chi connectivity index (χ2n) is 8.88. The minimum absolute atomic E-state index is 0.108. The van der Waals surface area contributed by atoms with E-state index in [-0.39, 0.29) is 11.6 Å². The third-order valence-electron chi connectivity index (χ3n) is 5.03. The lowest BCUT2D eigenvalue weighted by molar-refractivity contribution is 0.384. The van der Waals surface area contributed by atoms with E-state index in [1.54, 1.807) is 6.20 Å². The maximum absolute atomic E-state index is 4.73. The van der Waals surface area contributed by atoms with Gasteiger partial charge in [-0.15, -0.1) is 0 Å². The molecule has 3 N–H and O–H groups in total. The topological polar surface area (TPSA) is 109 Å². The number of anilines is 2. The molecule has 0 spiro atoms. The minimum atomic E-state index is -0.123. The smallest absolute Gasteiger partial charge is 0.180 e. The van der Waals surface area contributed by atoms with Crippen molar-refractivity contribution in [2.75, 3.05) is 5.32 Å². The largest absolute Gasteiger partial charge is 0.328 e. The lowest BCUT2D eigenvalue weighted by Crippen LogP contribution is -2.39. The summed E-state index contributed by atoms with van der Waals surface area (Å²) < 4.78 is 6.75. The molecule has 33 heavy (non-hydrogen) atoms. The van der Waals surface area contributed by atoms with Crippen LogP contribution in [-0.4, -0.2) is 39.5 Å². The average molecular weight is 460 g/mol. The summed E-state index contributed by atoms with van der Waals surface area (Å²) in [5.74, 6) is 0.679. The molecule has 10 heteroatoms. The minimum Gasteiger partial charge on any atom is -0.328 e. The molecule has 0 saturated heterocycles. The van der Waals surface area contributed by atoms with Gasteiger partial charge in [0.05, 0.1) is 41.2 Å². The van der Waals surface area contributed by atoms with Crippen molar-refractivity contribution in [3.05, 3.63) is 72.3 Å². The van der Waals surface area contributed by atoms with E-state index in [1.807, 2.05) is 60.4 Å². The van der Waals surface area contributed by atoms with Crippen molar-refractivity contribution in [1.29, 1.82) is 0 Å². The van der Waals surface area contributed by atoms with Crippen molar-refractivity contribution < 1.29 is 0 Å². The fourth-order valence-corrected chi connectivity index (χ4v) is 4.35. The zero-order chi connectivity index (χ0) is 23.0. The van der Waals surface area contributed by atoms with Gasteiger partial charge in [0.25, 0.3) is 0 Å². The number of H-pyrrole nitrogens is 1. The Morgan fingerprint density at radius 1 is 1.12 bits per heavy atom. The van der Waals surface area contributed by atoms with E-state index >= 15 is 0 Å². The molecule has 0 aliphatic rings. The van der Waals surface area contributed by atoms with Gasteiger partial charge < -0.3 is 5.32 Å². The number of nitrogens with zero attached hydrogens (tertiary/aromatic N) is 6. The number of aryl methyl sites for hydroxylation is 1. The van der Waals surface area contributed by atoms with Crippen molar-refractivity contribution in [2.45, 2.75) is 39.3 Å². The van der Waals surface area contributed by atoms with Crippen LogP contribution < -0.4 is 10.6 Å². The molecular weight excluding hydrogens is 434 g/mol. The van der Waals surface area contributed by atoms with Gasteiger partial charge in [0.15, 0.2) is 11.5 Å². The Kier molecular flexibility index (Phi) is 5.39. The van der Waals surface area contributed by atoms with Crippen molar-refractivity contribution in [1.82, 2.24) is 39.2 Å². The van der Waals surface area contributed by atoms with Crippen LogP contribution >= 0.6 is 11.5 Å². The van der Waals surface area contributed by atoms with E-state index in [0.29, 0.717) is 5.82 Å². The van der Waals surface area contributed by atoms with Gasteiger partial charge in [-0.25, -0.2) is 9.97 Å². The predicted octanol–water partition coefficient (Wildman–Crippen LogP) is 4.50. The molecule has 0 radical (unpaired) electrons. The van der Waals surface area contributed by atoms with E-state index in [9.17, 15) is 0 Å². The second kappa shape index (κ2) is 8.38. The molecule has 5 aromatic heterocycles. The molecule has 5 rings (SSSR count). The molecule has 1 unspecified atom stereocenters. The Labute approximate surface area is 195 Å². The molecule has 0 aromatic carbocycles. The van der Waals surface area contributed by atoms with Crippen molar-refractivity contribution in [3.63, 3.8) is 0 Å². The highest BCUT2D eigenvalue weighted by Gasteiger charge is 2.24. The van der Waals surface area contributed by atoms with Crippen LogP contribution in [0.15, 0.2) is 55.2 Å². The zero-order valence-electron chi connectivity index (χ0n) is 18.9. The fourth-order valence-electron chi connectivity index (χ4n) is 3.68. The Morgan fingerprint density at radius 2 is 2.00 bits per heavy atom. The summed E-state index contributed by atoms with van der Waals surface area (Å²) in [6, 6.07) is 7.85. The fraction of sp³-hybridized carbons (Fsp3) is 0.261. The van der Waals surface area contributed by atoms with Crippen molar-refractivity contribution >= 4 is 28.0 Å². The first kappa shape index (κ1) is 21.2. The molecule has 0 amide bonds. The van der Waals surface area contributed by atoms with E-state index in [0.717, 1.165) is 39.0 Å². The van der Waals surface area contributed by atoms with Gasteiger partial charge in [0.2, 0.25) is 0 Å². The van der Waals surface area contributed by atoms with Crippen LogP contribution in [-0.2, 0) is 0 Å². The maximum atomic E-state index is 4.73. The van der Waals surface area contributed by atoms with E-state index < -0.39 is 0 Å². The summed E-state index contributed by atoms with van der Waals surface area (Å²) in [7, 11) is 0. The number of aromatic amines is 1. The highest BCUT2D eigenvalue weighted by molar-refractivity contribution is 7.10. The molecule has 5 heterocycles. The SMILES string of the molecule is Cc1cn2c(-c3cn[nH]c3)cnc2c(Nc2cc(C(NC(C)(C)C)c3ccccn3)ns2)n1. The van der Waals surface area contributed by atoms with Crippen LogP contribution in [0.5, 0.6) is 0 Å². The Hall–Kier alpha value is -3.63. The summed E-state index contributed by atoms with van der Waals surface area (Å²) >= 11 is 1.39. The summed E-state index contributed by atoms with van der Waals surface area (Å²) in [6.07, 6.45) is 9.23. The summed E-state index contributed by atoms with van der Waals surface area (Å²) in [6.45, 7) is 8.37. The predicted molar refractivity (Wildman–Crippen MR) is 130 cm³/mol. The Bertz CT molecular complexity index is 1360. The van der Waals surface area contributed by atoms with Gasteiger partial charge in [-0.05, 0) is 57.4 Å². The van der Waals surface area contributed by atoms with Gasteiger partial charge in [0.1, 0.15) is 5.00 Å². The molecule has 0 aliphatic heterocycles. The molecule has 0 aliphatic carbocycles. The lowest BCUT2D eigenvalue weighted by Gasteiger charge is -2.27. The molecular formula is C23H25N9S. The lowest BCUT2D eigenvalue weighted by atomic mass is 10.0. The van der Waals surface area contributed by atoms with E-state index in [4.69, 9.17) is 9.36 Å². The average Bonchev–Trinajstić information content (AvgIpc) is 3.52. The third kappa shape index (κ3) is 4.48. The standard InChI is InChI=1S/C23H25N9S/c1-14-13-32-18(15-10-26-27-11-15)12-25-22(32)21(28-14)29-19-9-17(31-33-19)20(30-23(2,3)4)16-7-5-6-8-24-16/h5-13,20,30H,1-4H3,(H,26,27)(H,28,29). The number of rotatable bonds is 6. The molecule has 0 fully saturated rings. The van der Waals surface area contributed by atoms with Crippen LogP contribution in [0.2, 0.25) is 0 Å². The van der Waals surface area contributed by atoms with Gasteiger partial charge in [-0.1, -0.05) is 6.07 Å². The van der Waals surface area contributed by atoms with Crippen LogP contribution in [0.3, 0.4) is 0 Å². The van der Waals surface area contributed by atoms with E-state index in [1.165, 1.54) is 11.5 Å². The number of fused-ring (bicyclic) bond motifs is 1. The molecule has 5 aromatic rings. The second-order valence-corrected chi connectivity index (χ2v) is 9.68. The maximum Gasteiger partial charge on any atom is 0.180 e. The number of nitrogens with one attached hydrogen (secondary N) is 3. The van der Waals surface area contributed by atoms with Crippen molar-refractivity contribution in [3.8, 4) is 11.3 Å². The van der Waals surface area contributed by atoms with Crippen LogP contribution in [0.1, 0.15) is 43.9 Å². The molecule has 0 bridgehead atoms. The number of aromatic nitrogens is 7. The third-order valence-corrected chi connectivity index (χ3v) is 5.75. The molecule has 9 nitrogen and oxygen atoms in total. The first-order chi connectivity index (χ1) is 15.9. The molecule has 0 saturated carbocycles. The summed E-state index contributed by atoms with van der Waals surface area (Å²) in [5.41, 5.74) is 5.25. The number of hydrogen-bond acceptors (Lipinski definition) is 8. The van der Waals surface area contributed by atoms with Gasteiger partial charge in [-0.2, -0.15) is 9.47 Å². The Morgan fingerprint density at radius 3 is 2.73 bits per heavy atom. The number of pyridine rings is 1. The van der Waals surface area contributed by atoms with Crippen LogP contribution in [0.4, 0.5) is 10.8 Å². The Balaban J connectivity index is 1.48. The van der Waals surface area contributed by atoms with Gasteiger partial charge in [0, 0.05) is 29.7 Å². The highest BCUT2D eigenvalue weighted by atomic mass is 32.1. The van der Waals surface area contributed by atoms with Gasteiger partial charge in [-0.3, -0.25) is 19.8 Å². The quantitative estimate of drug-likeness (QED) is 0.343. The normalized spacial score (nSPS) is 12.8.